The van der Waals surface area contributed by atoms with Crippen LogP contribution in [-0.2, 0) is 4.79 Å². The molecule has 1 aromatic carbocycles. The summed E-state index contributed by atoms with van der Waals surface area (Å²) in [6, 6.07) is 7.47. The van der Waals surface area contributed by atoms with E-state index in [1.54, 1.807) is 18.5 Å². The van der Waals surface area contributed by atoms with Crippen molar-refractivity contribution in [1.82, 2.24) is 9.97 Å². The number of hydrogen-bond donors (Lipinski definition) is 2. The summed E-state index contributed by atoms with van der Waals surface area (Å²) in [6.07, 6.45) is 6.06. The van der Waals surface area contributed by atoms with Crippen molar-refractivity contribution >= 4 is 12.0 Å². The minimum Gasteiger partial charge on any atom is -0.478 e. The summed E-state index contributed by atoms with van der Waals surface area (Å²) in [5.74, 6) is -0.236. The summed E-state index contributed by atoms with van der Waals surface area (Å²) in [5, 5.41) is 8.59. The maximum atomic E-state index is 10.5. The van der Waals surface area contributed by atoms with Crippen LogP contribution in [0, 0.1) is 0 Å². The summed E-state index contributed by atoms with van der Waals surface area (Å²) in [4.78, 5) is 17.6. The molecular weight excluding hydrogens is 204 g/mol. The summed E-state index contributed by atoms with van der Waals surface area (Å²) in [6.45, 7) is 0. The normalized spacial score (nSPS) is 10.8. The summed E-state index contributed by atoms with van der Waals surface area (Å²) < 4.78 is 0. The second-order valence-corrected chi connectivity index (χ2v) is 3.20. The second-order valence-electron chi connectivity index (χ2n) is 3.20. The highest BCUT2D eigenvalue weighted by molar-refractivity contribution is 5.87. The molecule has 0 bridgehead atoms. The van der Waals surface area contributed by atoms with Gasteiger partial charge in [0.15, 0.2) is 0 Å². The fourth-order valence-corrected chi connectivity index (χ4v) is 1.43. The lowest BCUT2D eigenvalue weighted by atomic mass is 10.1. The third-order valence-corrected chi connectivity index (χ3v) is 2.12. The molecule has 1 heterocycles. The van der Waals surface area contributed by atoms with Crippen LogP contribution >= 0.6 is 0 Å². The molecule has 2 N–H and O–H groups in total. The van der Waals surface area contributed by atoms with Gasteiger partial charge in [-0.25, -0.2) is 9.78 Å². The highest BCUT2D eigenvalue weighted by atomic mass is 16.4. The van der Waals surface area contributed by atoms with E-state index >= 15 is 0 Å². The largest absolute Gasteiger partial charge is 0.478 e. The lowest BCUT2D eigenvalue weighted by molar-refractivity contribution is -0.131. The first kappa shape index (κ1) is 10.2. The van der Waals surface area contributed by atoms with Crippen molar-refractivity contribution in [2.75, 3.05) is 0 Å². The predicted molar refractivity (Wildman–Crippen MR) is 60.7 cm³/mol. The average molecular weight is 214 g/mol. The molecule has 0 spiro atoms. The SMILES string of the molecule is O=C(O)C=Cc1ccccc1-c1ncc[nH]1. The summed E-state index contributed by atoms with van der Waals surface area (Å²) >= 11 is 0. The Morgan fingerprint density at radius 2 is 2.19 bits per heavy atom. The van der Waals surface area contributed by atoms with E-state index in [1.807, 2.05) is 24.3 Å². The van der Waals surface area contributed by atoms with Gasteiger partial charge in [0.1, 0.15) is 5.82 Å². The van der Waals surface area contributed by atoms with Crippen LogP contribution in [0.4, 0.5) is 0 Å². The molecule has 0 radical (unpaired) electrons. The van der Waals surface area contributed by atoms with Crippen molar-refractivity contribution in [3.8, 4) is 11.4 Å². The molecule has 4 heteroatoms. The molecule has 4 nitrogen and oxygen atoms in total. The minimum absolute atomic E-state index is 0.727. The van der Waals surface area contributed by atoms with Gasteiger partial charge < -0.3 is 10.1 Å². The van der Waals surface area contributed by atoms with Gasteiger partial charge in [0.25, 0.3) is 0 Å². The van der Waals surface area contributed by atoms with Gasteiger partial charge in [-0.1, -0.05) is 24.3 Å². The van der Waals surface area contributed by atoms with Crippen LogP contribution in [0.2, 0.25) is 0 Å². The van der Waals surface area contributed by atoms with E-state index in [-0.39, 0.29) is 0 Å². The van der Waals surface area contributed by atoms with Crippen LogP contribution < -0.4 is 0 Å². The lowest BCUT2D eigenvalue weighted by Crippen LogP contribution is -1.88. The standard InChI is InChI=1S/C12H10N2O2/c15-11(16)6-5-9-3-1-2-4-10(9)12-13-7-8-14-12/h1-8H,(H,13,14)(H,15,16). The Labute approximate surface area is 92.3 Å². The zero-order valence-corrected chi connectivity index (χ0v) is 8.42. The summed E-state index contributed by atoms with van der Waals surface area (Å²) in [5.41, 5.74) is 1.70. The Morgan fingerprint density at radius 3 is 2.88 bits per heavy atom. The molecule has 0 amide bonds. The second kappa shape index (κ2) is 4.44. The number of carboxylic acids is 1. The molecule has 0 fully saturated rings. The molecule has 0 aliphatic heterocycles. The number of aromatic nitrogens is 2. The van der Waals surface area contributed by atoms with E-state index in [0.29, 0.717) is 0 Å². The van der Waals surface area contributed by atoms with Gasteiger partial charge in [-0.15, -0.1) is 0 Å². The zero-order valence-electron chi connectivity index (χ0n) is 8.42. The Bertz CT molecular complexity index is 516. The number of benzene rings is 1. The number of carbonyl (C=O) groups is 1. The Morgan fingerprint density at radius 1 is 1.38 bits per heavy atom. The van der Waals surface area contributed by atoms with Crippen molar-refractivity contribution < 1.29 is 9.90 Å². The van der Waals surface area contributed by atoms with Gasteiger partial charge in [-0.2, -0.15) is 0 Å². The quantitative estimate of drug-likeness (QED) is 0.769. The molecule has 80 valence electrons. The fraction of sp³-hybridized carbons (Fsp3) is 0. The third kappa shape index (κ3) is 2.17. The molecule has 2 aromatic rings. The van der Waals surface area contributed by atoms with Crippen molar-refractivity contribution in [3.63, 3.8) is 0 Å². The number of nitrogens with zero attached hydrogens (tertiary/aromatic N) is 1. The number of H-pyrrole nitrogens is 1. The molecule has 2 rings (SSSR count). The van der Waals surface area contributed by atoms with Gasteiger partial charge in [-0.3, -0.25) is 0 Å². The van der Waals surface area contributed by atoms with E-state index in [9.17, 15) is 4.79 Å². The average Bonchev–Trinajstić information content (AvgIpc) is 2.80. The van der Waals surface area contributed by atoms with Gasteiger partial charge in [-0.05, 0) is 11.6 Å². The molecule has 0 unspecified atom stereocenters. The Kier molecular flexibility index (Phi) is 2.82. The lowest BCUT2D eigenvalue weighted by Gasteiger charge is -2.01. The van der Waals surface area contributed by atoms with Crippen molar-refractivity contribution in [3.05, 3.63) is 48.3 Å². The monoisotopic (exact) mass is 214 g/mol. The number of aromatic amines is 1. The van der Waals surface area contributed by atoms with Gasteiger partial charge in [0.05, 0.1) is 0 Å². The van der Waals surface area contributed by atoms with E-state index in [1.165, 1.54) is 0 Å². The van der Waals surface area contributed by atoms with Crippen LogP contribution in [0.5, 0.6) is 0 Å². The van der Waals surface area contributed by atoms with E-state index in [2.05, 4.69) is 9.97 Å². The fourth-order valence-electron chi connectivity index (χ4n) is 1.43. The van der Waals surface area contributed by atoms with E-state index < -0.39 is 5.97 Å². The molecule has 0 aliphatic rings. The number of aliphatic carboxylic acids is 1. The molecule has 0 saturated carbocycles. The first-order valence-electron chi connectivity index (χ1n) is 4.77. The van der Waals surface area contributed by atoms with E-state index in [4.69, 9.17) is 5.11 Å². The smallest absolute Gasteiger partial charge is 0.328 e. The highest BCUT2D eigenvalue weighted by Gasteiger charge is 2.03. The van der Waals surface area contributed by atoms with Crippen LogP contribution in [0.1, 0.15) is 5.56 Å². The molecule has 0 atom stereocenters. The summed E-state index contributed by atoms with van der Waals surface area (Å²) in [7, 11) is 0. The number of nitrogens with one attached hydrogen (secondary N) is 1. The maximum Gasteiger partial charge on any atom is 0.328 e. The maximum absolute atomic E-state index is 10.5. The van der Waals surface area contributed by atoms with Gasteiger partial charge >= 0.3 is 5.97 Å². The molecular formula is C12H10N2O2. The number of imidazole rings is 1. The van der Waals surface area contributed by atoms with Gasteiger partial charge in [0, 0.05) is 24.0 Å². The third-order valence-electron chi connectivity index (χ3n) is 2.12. The minimum atomic E-state index is -0.964. The van der Waals surface area contributed by atoms with Crippen molar-refractivity contribution in [2.24, 2.45) is 0 Å². The van der Waals surface area contributed by atoms with Gasteiger partial charge in [0.2, 0.25) is 0 Å². The highest BCUT2D eigenvalue weighted by Crippen LogP contribution is 2.20. The first-order chi connectivity index (χ1) is 7.77. The number of hydrogen-bond acceptors (Lipinski definition) is 2. The van der Waals surface area contributed by atoms with Crippen LogP contribution in [0.15, 0.2) is 42.7 Å². The first-order valence-corrected chi connectivity index (χ1v) is 4.77. The van der Waals surface area contributed by atoms with Crippen molar-refractivity contribution in [1.29, 1.82) is 0 Å². The van der Waals surface area contributed by atoms with Crippen molar-refractivity contribution in [2.45, 2.75) is 0 Å². The predicted octanol–water partition coefficient (Wildman–Crippen LogP) is 2.17. The van der Waals surface area contributed by atoms with Crippen LogP contribution in [0.3, 0.4) is 0 Å². The number of carboxylic acid groups (broad SMARTS) is 1. The molecule has 0 aliphatic carbocycles. The zero-order chi connectivity index (χ0) is 11.4. The Hall–Kier alpha value is -2.36. The topological polar surface area (TPSA) is 66.0 Å². The van der Waals surface area contributed by atoms with E-state index in [0.717, 1.165) is 23.0 Å². The molecule has 16 heavy (non-hydrogen) atoms. The molecule has 0 saturated heterocycles. The van der Waals surface area contributed by atoms with Crippen LogP contribution in [-0.4, -0.2) is 21.0 Å². The molecule has 1 aromatic heterocycles. The van der Waals surface area contributed by atoms with Crippen LogP contribution in [0.25, 0.3) is 17.5 Å². The number of rotatable bonds is 3. The Balaban J connectivity index is 2.42.